The first-order valence-corrected chi connectivity index (χ1v) is 5.09. The Morgan fingerprint density at radius 2 is 2.12 bits per heavy atom. The number of rotatable bonds is 2. The first kappa shape index (κ1) is 11.0. The molecule has 6 heteroatoms. The molecule has 0 saturated heterocycles. The normalized spacial score (nSPS) is 10.8. The fourth-order valence-electron chi connectivity index (χ4n) is 1.32. The lowest BCUT2D eigenvalue weighted by Gasteiger charge is -2.05. The van der Waals surface area contributed by atoms with Crippen LogP contribution >= 0.6 is 11.6 Å². The van der Waals surface area contributed by atoms with Crippen LogP contribution in [0.5, 0.6) is 0 Å². The number of alkyl halides is 1. The van der Waals surface area contributed by atoms with E-state index in [9.17, 15) is 8.78 Å². The van der Waals surface area contributed by atoms with E-state index >= 15 is 0 Å². The highest BCUT2D eigenvalue weighted by atomic mass is 35.5. The van der Waals surface area contributed by atoms with Crippen molar-refractivity contribution in [3.8, 4) is 5.69 Å². The molecular weight excluding hydrogens is 236 g/mol. The van der Waals surface area contributed by atoms with Gasteiger partial charge in [0.25, 0.3) is 0 Å². The SMILES string of the molecule is Cc1ccc(F)c(-n2cc(CCl)nn2)c1F. The Morgan fingerprint density at radius 1 is 1.38 bits per heavy atom. The maximum Gasteiger partial charge on any atom is 0.154 e. The molecule has 0 saturated carbocycles. The molecule has 0 aliphatic heterocycles. The largest absolute Gasteiger partial charge is 0.214 e. The van der Waals surface area contributed by atoms with E-state index in [0.29, 0.717) is 11.3 Å². The average Bonchev–Trinajstić information content (AvgIpc) is 2.73. The number of aryl methyl sites for hydroxylation is 1. The van der Waals surface area contributed by atoms with Gasteiger partial charge in [0, 0.05) is 0 Å². The van der Waals surface area contributed by atoms with Crippen LogP contribution in [0, 0.1) is 18.6 Å². The molecule has 2 aromatic rings. The molecule has 1 aromatic heterocycles. The smallest absolute Gasteiger partial charge is 0.154 e. The Balaban J connectivity index is 2.58. The van der Waals surface area contributed by atoms with Gasteiger partial charge in [-0.15, -0.1) is 16.7 Å². The third kappa shape index (κ3) is 1.78. The summed E-state index contributed by atoms with van der Waals surface area (Å²) in [4.78, 5) is 0. The van der Waals surface area contributed by atoms with E-state index in [1.54, 1.807) is 6.92 Å². The second kappa shape index (κ2) is 4.17. The van der Waals surface area contributed by atoms with Crippen LogP contribution in [0.1, 0.15) is 11.3 Å². The number of aromatic nitrogens is 3. The molecule has 0 spiro atoms. The van der Waals surface area contributed by atoms with Gasteiger partial charge in [0.15, 0.2) is 11.6 Å². The van der Waals surface area contributed by atoms with Crippen LogP contribution in [0.3, 0.4) is 0 Å². The van der Waals surface area contributed by atoms with E-state index < -0.39 is 11.6 Å². The van der Waals surface area contributed by atoms with Crippen molar-refractivity contribution in [1.82, 2.24) is 15.0 Å². The van der Waals surface area contributed by atoms with Crippen molar-refractivity contribution in [3.05, 3.63) is 41.2 Å². The summed E-state index contributed by atoms with van der Waals surface area (Å²) in [7, 11) is 0. The monoisotopic (exact) mass is 243 g/mol. The van der Waals surface area contributed by atoms with Crippen LogP contribution in [0.15, 0.2) is 18.3 Å². The van der Waals surface area contributed by atoms with Crippen molar-refractivity contribution in [2.75, 3.05) is 0 Å². The van der Waals surface area contributed by atoms with Crippen molar-refractivity contribution in [3.63, 3.8) is 0 Å². The lowest BCUT2D eigenvalue weighted by Crippen LogP contribution is -2.03. The molecule has 84 valence electrons. The minimum absolute atomic E-state index is 0.148. The van der Waals surface area contributed by atoms with E-state index in [1.807, 2.05) is 0 Å². The minimum atomic E-state index is -0.686. The highest BCUT2D eigenvalue weighted by molar-refractivity contribution is 6.16. The predicted molar refractivity (Wildman–Crippen MR) is 55.6 cm³/mol. The van der Waals surface area contributed by atoms with Crippen molar-refractivity contribution >= 4 is 11.6 Å². The van der Waals surface area contributed by atoms with Crippen molar-refractivity contribution in [2.24, 2.45) is 0 Å². The first-order valence-electron chi connectivity index (χ1n) is 4.55. The number of nitrogens with zero attached hydrogens (tertiary/aromatic N) is 3. The molecule has 0 N–H and O–H groups in total. The van der Waals surface area contributed by atoms with E-state index in [-0.39, 0.29) is 11.6 Å². The molecule has 0 aliphatic carbocycles. The van der Waals surface area contributed by atoms with Gasteiger partial charge >= 0.3 is 0 Å². The Labute approximate surface area is 95.6 Å². The van der Waals surface area contributed by atoms with Gasteiger partial charge in [-0.2, -0.15) is 0 Å². The summed E-state index contributed by atoms with van der Waals surface area (Å²) >= 11 is 5.54. The zero-order chi connectivity index (χ0) is 11.7. The predicted octanol–water partition coefficient (Wildman–Crippen LogP) is 2.59. The number of hydrogen-bond acceptors (Lipinski definition) is 2. The zero-order valence-electron chi connectivity index (χ0n) is 8.41. The summed E-state index contributed by atoms with van der Waals surface area (Å²) in [6.07, 6.45) is 1.40. The van der Waals surface area contributed by atoms with Crippen LogP contribution in [0.25, 0.3) is 5.69 Å². The van der Waals surface area contributed by atoms with Crippen LogP contribution < -0.4 is 0 Å². The van der Waals surface area contributed by atoms with Gasteiger partial charge in [-0.3, -0.25) is 0 Å². The average molecular weight is 244 g/mol. The molecule has 0 bridgehead atoms. The quantitative estimate of drug-likeness (QED) is 0.759. The third-order valence-electron chi connectivity index (χ3n) is 2.17. The summed E-state index contributed by atoms with van der Waals surface area (Å²) in [5.41, 5.74) is 0.574. The molecule has 3 nitrogen and oxygen atoms in total. The summed E-state index contributed by atoms with van der Waals surface area (Å²) in [6, 6.07) is 2.56. The summed E-state index contributed by atoms with van der Waals surface area (Å²) < 4.78 is 28.2. The van der Waals surface area contributed by atoms with Gasteiger partial charge in [0.1, 0.15) is 5.69 Å². The fraction of sp³-hybridized carbons (Fsp3) is 0.200. The summed E-state index contributed by atoms with van der Waals surface area (Å²) in [5, 5.41) is 7.29. The molecule has 0 atom stereocenters. The Kier molecular flexibility index (Phi) is 2.87. The summed E-state index contributed by atoms with van der Waals surface area (Å²) in [6.45, 7) is 1.55. The molecule has 0 aliphatic rings. The number of hydrogen-bond donors (Lipinski definition) is 0. The second-order valence-corrected chi connectivity index (χ2v) is 3.58. The Bertz CT molecular complexity index is 525. The van der Waals surface area contributed by atoms with Crippen LogP contribution in [0.2, 0.25) is 0 Å². The molecule has 0 unspecified atom stereocenters. The van der Waals surface area contributed by atoms with Gasteiger partial charge in [-0.25, -0.2) is 13.5 Å². The number of halogens is 3. The van der Waals surface area contributed by atoms with Crippen molar-refractivity contribution in [2.45, 2.75) is 12.8 Å². The van der Waals surface area contributed by atoms with Crippen molar-refractivity contribution < 1.29 is 8.78 Å². The molecule has 1 heterocycles. The molecular formula is C10H8ClF2N3. The fourth-order valence-corrected chi connectivity index (χ4v) is 1.44. The Hall–Kier alpha value is -1.49. The third-order valence-corrected chi connectivity index (χ3v) is 2.44. The molecule has 0 fully saturated rings. The maximum absolute atomic E-state index is 13.7. The lowest BCUT2D eigenvalue weighted by atomic mass is 10.2. The minimum Gasteiger partial charge on any atom is -0.214 e. The molecule has 16 heavy (non-hydrogen) atoms. The molecule has 2 rings (SSSR count). The van der Waals surface area contributed by atoms with Crippen molar-refractivity contribution in [1.29, 1.82) is 0 Å². The highest BCUT2D eigenvalue weighted by Crippen LogP contribution is 2.20. The van der Waals surface area contributed by atoms with Gasteiger partial charge in [-0.1, -0.05) is 11.3 Å². The maximum atomic E-state index is 13.7. The Morgan fingerprint density at radius 3 is 2.75 bits per heavy atom. The second-order valence-electron chi connectivity index (χ2n) is 3.31. The van der Waals surface area contributed by atoms with E-state index in [4.69, 9.17) is 11.6 Å². The van der Waals surface area contributed by atoms with E-state index in [2.05, 4.69) is 10.3 Å². The van der Waals surface area contributed by atoms with Gasteiger partial charge in [0.2, 0.25) is 0 Å². The van der Waals surface area contributed by atoms with Gasteiger partial charge < -0.3 is 0 Å². The van der Waals surface area contributed by atoms with E-state index in [0.717, 1.165) is 4.68 Å². The molecule has 0 amide bonds. The van der Waals surface area contributed by atoms with Crippen LogP contribution in [0.4, 0.5) is 8.78 Å². The summed E-state index contributed by atoms with van der Waals surface area (Å²) in [5.74, 6) is -1.19. The van der Waals surface area contributed by atoms with Crippen LogP contribution in [-0.2, 0) is 5.88 Å². The van der Waals surface area contributed by atoms with Crippen LogP contribution in [-0.4, -0.2) is 15.0 Å². The first-order chi connectivity index (χ1) is 7.63. The lowest BCUT2D eigenvalue weighted by molar-refractivity contribution is 0.551. The van der Waals surface area contributed by atoms with Gasteiger partial charge in [-0.05, 0) is 18.6 Å². The highest BCUT2D eigenvalue weighted by Gasteiger charge is 2.14. The molecule has 1 aromatic carbocycles. The standard InChI is InChI=1S/C10H8ClF2N3/c1-6-2-3-8(12)10(9(6)13)16-5-7(4-11)14-15-16/h2-3,5H,4H2,1H3. The number of benzene rings is 1. The van der Waals surface area contributed by atoms with Gasteiger partial charge in [0.05, 0.1) is 17.8 Å². The zero-order valence-corrected chi connectivity index (χ0v) is 9.17. The molecule has 0 radical (unpaired) electrons. The topological polar surface area (TPSA) is 30.7 Å². The van der Waals surface area contributed by atoms with E-state index in [1.165, 1.54) is 18.3 Å².